The topological polar surface area (TPSA) is 40.1 Å². The molecule has 2 atom stereocenters. The lowest BCUT2D eigenvalue weighted by molar-refractivity contribution is -0.0174. The van der Waals surface area contributed by atoms with E-state index in [1.54, 1.807) is 6.92 Å². The summed E-state index contributed by atoms with van der Waals surface area (Å²) in [5.41, 5.74) is 0. The quantitative estimate of drug-likeness (QED) is 0.545. The van der Waals surface area contributed by atoms with Crippen molar-refractivity contribution in [2.45, 2.75) is 32.5 Å². The molecule has 0 heterocycles. The van der Waals surface area contributed by atoms with Gasteiger partial charge in [0.25, 0.3) is 0 Å². The van der Waals surface area contributed by atoms with Gasteiger partial charge in [0.05, 0.1) is 6.10 Å². The molecule has 2 nitrogen and oxygen atoms in total. The molecule has 0 bridgehead atoms. The smallest absolute Gasteiger partial charge is 0.118 e. The van der Waals surface area contributed by atoms with E-state index in [1.807, 2.05) is 0 Å². The fraction of sp³-hybridized carbons (Fsp3) is 1.00. The molecule has 0 aliphatic carbocycles. The average Bonchev–Trinajstić information content (AvgIpc) is 1.65. The molecule has 0 aromatic carbocycles. The Morgan fingerprint density at radius 1 is 1.71 bits per heavy atom. The molecule has 0 rings (SSSR count). The summed E-state index contributed by atoms with van der Waals surface area (Å²) in [4.78, 5) is 0. The van der Waals surface area contributed by atoms with Crippen molar-refractivity contribution in [1.82, 2.24) is 0 Å². The van der Waals surface area contributed by atoms with E-state index in [2.05, 4.69) is 0 Å². The highest BCUT2D eigenvalue weighted by Gasteiger charge is 2.07. The molecule has 0 aromatic rings. The molecular formula is C5H11O2. The van der Waals surface area contributed by atoms with Gasteiger partial charge >= 0.3 is 0 Å². The molecule has 0 aliphatic heterocycles. The first-order chi connectivity index (χ1) is 3.18. The Kier molecular flexibility index (Phi) is 2.96. The predicted molar refractivity (Wildman–Crippen MR) is 26.4 cm³/mol. The number of rotatable bonds is 2. The summed E-state index contributed by atoms with van der Waals surface area (Å²) < 4.78 is 0. The van der Waals surface area contributed by atoms with Crippen LogP contribution in [0.25, 0.3) is 0 Å². The van der Waals surface area contributed by atoms with Crippen LogP contribution in [0.4, 0.5) is 0 Å². The summed E-state index contributed by atoms with van der Waals surface area (Å²) in [7, 11) is 0. The van der Waals surface area contributed by atoms with Crippen LogP contribution in [0.2, 0.25) is 0 Å². The molecule has 0 fully saturated rings. The van der Waals surface area contributed by atoms with Gasteiger partial charge in [-0.1, -0.05) is 6.92 Å². The highest BCUT2D eigenvalue weighted by atomic mass is 16.3. The predicted octanol–water partition coefficient (Wildman–Crippen LogP) is 0.576. The first-order valence-electron chi connectivity index (χ1n) is 2.52. The Morgan fingerprint density at radius 3 is 2.14 bits per heavy atom. The minimum absolute atomic E-state index is 0.512. The largest absolute Gasteiger partial charge is 0.391 e. The minimum atomic E-state index is -0.792. The van der Waals surface area contributed by atoms with Crippen LogP contribution in [-0.4, -0.2) is 17.3 Å². The van der Waals surface area contributed by atoms with Crippen LogP contribution in [0.1, 0.15) is 20.3 Å². The van der Waals surface area contributed by atoms with E-state index in [0.29, 0.717) is 6.42 Å². The SMILES string of the molecule is CCC([O])C(C)O. The molecule has 2 unspecified atom stereocenters. The lowest BCUT2D eigenvalue weighted by atomic mass is 10.2. The Hall–Kier alpha value is -0.0800. The lowest BCUT2D eigenvalue weighted by Crippen LogP contribution is -2.19. The molecule has 43 valence electrons. The Labute approximate surface area is 43.8 Å². The van der Waals surface area contributed by atoms with Crippen LogP contribution in [0.15, 0.2) is 0 Å². The number of aliphatic hydroxyl groups is 1. The van der Waals surface area contributed by atoms with Gasteiger partial charge in [-0.15, -0.1) is 0 Å². The van der Waals surface area contributed by atoms with Crippen LogP contribution >= 0.6 is 0 Å². The third-order valence-corrected chi connectivity index (χ3v) is 0.940. The van der Waals surface area contributed by atoms with Gasteiger partial charge in [-0.3, -0.25) is 0 Å². The first kappa shape index (κ1) is 6.92. The highest BCUT2D eigenvalue weighted by molar-refractivity contribution is 4.56. The zero-order valence-electron chi connectivity index (χ0n) is 4.72. The molecule has 7 heavy (non-hydrogen) atoms. The zero-order chi connectivity index (χ0) is 5.86. The van der Waals surface area contributed by atoms with Crippen molar-refractivity contribution in [3.8, 4) is 0 Å². The Balaban J connectivity index is 3.14. The van der Waals surface area contributed by atoms with Gasteiger partial charge in [-0.2, -0.15) is 0 Å². The lowest BCUT2D eigenvalue weighted by Gasteiger charge is -2.05. The van der Waals surface area contributed by atoms with Crippen molar-refractivity contribution >= 4 is 0 Å². The van der Waals surface area contributed by atoms with Crippen molar-refractivity contribution in [3.63, 3.8) is 0 Å². The van der Waals surface area contributed by atoms with Gasteiger partial charge in [0.2, 0.25) is 0 Å². The van der Waals surface area contributed by atoms with E-state index < -0.39 is 12.2 Å². The van der Waals surface area contributed by atoms with E-state index >= 15 is 0 Å². The molecular weight excluding hydrogens is 92.1 g/mol. The first-order valence-corrected chi connectivity index (χ1v) is 2.52. The average molecular weight is 103 g/mol. The van der Waals surface area contributed by atoms with E-state index in [9.17, 15) is 5.11 Å². The summed E-state index contributed by atoms with van der Waals surface area (Å²) in [6, 6.07) is 0. The maximum atomic E-state index is 10.3. The van der Waals surface area contributed by atoms with Crippen molar-refractivity contribution < 1.29 is 10.2 Å². The monoisotopic (exact) mass is 103 g/mol. The van der Waals surface area contributed by atoms with Crippen molar-refractivity contribution in [2.24, 2.45) is 0 Å². The van der Waals surface area contributed by atoms with Crippen LogP contribution in [0, 0.1) is 0 Å². The second-order valence-electron chi connectivity index (χ2n) is 1.69. The van der Waals surface area contributed by atoms with Crippen LogP contribution in [0.3, 0.4) is 0 Å². The molecule has 0 spiro atoms. The number of hydrogen-bond donors (Lipinski definition) is 1. The van der Waals surface area contributed by atoms with E-state index in [4.69, 9.17) is 5.11 Å². The summed E-state index contributed by atoms with van der Waals surface area (Å²) >= 11 is 0. The van der Waals surface area contributed by atoms with Crippen LogP contribution in [0.5, 0.6) is 0 Å². The molecule has 0 saturated carbocycles. The molecule has 2 heteroatoms. The molecule has 1 N–H and O–H groups in total. The van der Waals surface area contributed by atoms with Crippen molar-refractivity contribution in [1.29, 1.82) is 0 Å². The van der Waals surface area contributed by atoms with Gasteiger partial charge < -0.3 is 5.11 Å². The molecule has 1 radical (unpaired) electrons. The van der Waals surface area contributed by atoms with Gasteiger partial charge in [0, 0.05) is 0 Å². The van der Waals surface area contributed by atoms with Crippen molar-refractivity contribution in [3.05, 3.63) is 0 Å². The van der Waals surface area contributed by atoms with Gasteiger partial charge in [0.1, 0.15) is 6.10 Å². The Morgan fingerprint density at radius 2 is 2.14 bits per heavy atom. The summed E-state index contributed by atoms with van der Waals surface area (Å²) in [6.45, 7) is 3.28. The summed E-state index contributed by atoms with van der Waals surface area (Å²) in [5, 5.41) is 18.9. The normalized spacial score (nSPS) is 18.9. The molecule has 0 saturated heterocycles. The number of aliphatic hydroxyl groups excluding tert-OH is 1. The van der Waals surface area contributed by atoms with Gasteiger partial charge in [-0.05, 0) is 13.3 Å². The maximum absolute atomic E-state index is 10.3. The Bertz CT molecular complexity index is 43.3. The summed E-state index contributed by atoms with van der Waals surface area (Å²) in [6.07, 6.45) is -0.970. The summed E-state index contributed by atoms with van der Waals surface area (Å²) in [5.74, 6) is 0. The second-order valence-corrected chi connectivity index (χ2v) is 1.69. The van der Waals surface area contributed by atoms with Crippen molar-refractivity contribution in [2.75, 3.05) is 0 Å². The third-order valence-electron chi connectivity index (χ3n) is 0.940. The third kappa shape index (κ3) is 2.60. The molecule has 0 aromatic heterocycles. The fourth-order valence-corrected chi connectivity index (χ4v) is 0.341. The standard InChI is InChI=1S/C5H11O2/c1-3-5(7)4(2)6/h4-6H,3H2,1-2H3. The van der Waals surface area contributed by atoms with E-state index in [1.165, 1.54) is 6.92 Å². The zero-order valence-corrected chi connectivity index (χ0v) is 4.72. The fourth-order valence-electron chi connectivity index (χ4n) is 0.341. The van der Waals surface area contributed by atoms with E-state index in [-0.39, 0.29) is 0 Å². The van der Waals surface area contributed by atoms with Gasteiger partial charge in [0.15, 0.2) is 0 Å². The number of hydrogen-bond acceptors (Lipinski definition) is 1. The van der Waals surface area contributed by atoms with E-state index in [0.717, 1.165) is 0 Å². The van der Waals surface area contributed by atoms with Crippen LogP contribution < -0.4 is 0 Å². The molecule has 0 aliphatic rings. The highest BCUT2D eigenvalue weighted by Crippen LogP contribution is 1.95. The van der Waals surface area contributed by atoms with Crippen LogP contribution in [-0.2, 0) is 5.11 Å². The minimum Gasteiger partial charge on any atom is -0.391 e. The maximum Gasteiger partial charge on any atom is 0.118 e. The molecule has 0 amide bonds. The second kappa shape index (κ2) is 2.99. The van der Waals surface area contributed by atoms with Gasteiger partial charge in [-0.25, -0.2) is 5.11 Å².